The molecule has 54 heavy (non-hydrogen) atoms. The summed E-state index contributed by atoms with van der Waals surface area (Å²) in [6.45, 7) is 14.7. The van der Waals surface area contributed by atoms with E-state index in [0.717, 1.165) is 16.4 Å². The number of aromatic nitrogens is 3. The number of hydrogen-bond donors (Lipinski definition) is 2. The Labute approximate surface area is 324 Å². The molecule has 3 aromatic carbocycles. The van der Waals surface area contributed by atoms with Gasteiger partial charge in [-0.15, -0.1) is 0 Å². The van der Waals surface area contributed by atoms with Gasteiger partial charge in [0.15, 0.2) is 5.03 Å². The zero-order valence-corrected chi connectivity index (χ0v) is 35.2. The Morgan fingerprint density at radius 2 is 1.50 bits per heavy atom. The average molecular weight is 813 g/mol. The molecule has 3 N–H and O–H groups in total. The minimum absolute atomic E-state index is 0.106. The van der Waals surface area contributed by atoms with E-state index in [1.165, 1.54) is 37.3 Å². The summed E-state index contributed by atoms with van der Waals surface area (Å²) in [5, 5.41) is 10.2. The Kier molecular flexibility index (Phi) is 12.7. The van der Waals surface area contributed by atoms with Crippen LogP contribution in [0.25, 0.3) is 0 Å². The number of imidazole rings is 1. The molecule has 2 heterocycles. The maximum Gasteiger partial charge on any atom is 0.261 e. The van der Waals surface area contributed by atoms with E-state index in [4.69, 9.17) is 30.9 Å². The first-order valence-electron chi connectivity index (χ1n) is 17.6. The van der Waals surface area contributed by atoms with Crippen LogP contribution in [0.5, 0.6) is 0 Å². The van der Waals surface area contributed by atoms with Gasteiger partial charge in [0.25, 0.3) is 18.3 Å². The molecule has 0 saturated heterocycles. The maximum atomic E-state index is 14.5. The summed E-state index contributed by atoms with van der Waals surface area (Å²) in [5.74, 6) is -0.716. The van der Waals surface area contributed by atoms with Crippen LogP contribution in [0.1, 0.15) is 49.6 Å². The summed E-state index contributed by atoms with van der Waals surface area (Å²) in [7, 11) is -9.18. The van der Waals surface area contributed by atoms with Crippen molar-refractivity contribution in [2.45, 2.75) is 82.8 Å². The molecular formula is C39H48ClF2N5O4SSi2. The lowest BCUT2D eigenvalue weighted by Gasteiger charge is -2.43. The molecule has 9 nitrogen and oxygen atoms in total. The highest BCUT2D eigenvalue weighted by atomic mass is 35.5. The van der Waals surface area contributed by atoms with E-state index >= 15 is 0 Å². The second-order valence-electron chi connectivity index (χ2n) is 15.5. The molecule has 5 aromatic rings. The molecule has 0 fully saturated rings. The molecule has 2 aromatic heterocycles. The van der Waals surface area contributed by atoms with E-state index in [2.05, 4.69) is 50.7 Å². The van der Waals surface area contributed by atoms with Gasteiger partial charge in [0.1, 0.15) is 36.0 Å². The number of benzene rings is 3. The van der Waals surface area contributed by atoms with Crippen LogP contribution < -0.4 is 20.8 Å². The Morgan fingerprint density at radius 3 is 2.02 bits per heavy atom. The van der Waals surface area contributed by atoms with Crippen molar-refractivity contribution in [3.63, 3.8) is 0 Å². The Bertz CT molecular complexity index is 2140. The van der Waals surface area contributed by atoms with Crippen molar-refractivity contribution in [2.24, 2.45) is 5.14 Å². The summed E-state index contributed by atoms with van der Waals surface area (Å²) in [6, 6.07) is 26.7. The van der Waals surface area contributed by atoms with E-state index in [1.807, 2.05) is 60.7 Å². The van der Waals surface area contributed by atoms with Crippen LogP contribution in [0, 0.1) is 18.6 Å². The van der Waals surface area contributed by atoms with Gasteiger partial charge in [-0.25, -0.2) is 32.3 Å². The number of nitrogens with one attached hydrogen (secondary N) is 1. The number of ether oxygens (including phenoxy) is 1. The third kappa shape index (κ3) is 9.36. The van der Waals surface area contributed by atoms with Crippen molar-refractivity contribution in [1.82, 2.24) is 14.5 Å². The van der Waals surface area contributed by atoms with Gasteiger partial charge in [-0.2, -0.15) is 0 Å². The lowest BCUT2D eigenvalue weighted by Crippen LogP contribution is -2.66. The third-order valence-corrected chi connectivity index (χ3v) is 17.1. The smallest absolute Gasteiger partial charge is 0.261 e. The second kappa shape index (κ2) is 16.5. The van der Waals surface area contributed by atoms with Crippen LogP contribution in [0.15, 0.2) is 96.0 Å². The number of nitrogens with two attached hydrogens (primary N) is 1. The average Bonchev–Trinajstić information content (AvgIpc) is 3.47. The van der Waals surface area contributed by atoms with Gasteiger partial charge in [0.05, 0.1) is 23.0 Å². The monoisotopic (exact) mass is 811 g/mol. The van der Waals surface area contributed by atoms with Crippen LogP contribution in [0.3, 0.4) is 0 Å². The number of rotatable bonds is 15. The standard InChI is InChI=1S/C39H48ClF2N5O4SSi2/c1-27-32(41)20-21-35(44-27)45-36(28-18-19-33(42)31(40)24-28)37-46-38(52(43,48)49)34(47(37)26-50-22-23-53(5,6)7)25-51-54(39(2,3)4,29-14-10-8-11-15-29)30-16-12-9-13-17-30/h8-21,24,36H,22-23,25-26H2,1-7H3,(H,44,45)(H2,43,48,49). The van der Waals surface area contributed by atoms with Crippen molar-refractivity contribution < 1.29 is 26.4 Å². The zero-order chi connectivity index (χ0) is 39.5. The molecule has 0 aliphatic rings. The van der Waals surface area contributed by atoms with Gasteiger partial charge < -0.3 is 19.0 Å². The van der Waals surface area contributed by atoms with E-state index in [9.17, 15) is 17.2 Å². The van der Waals surface area contributed by atoms with Crippen LogP contribution >= 0.6 is 11.6 Å². The predicted octanol–water partition coefficient (Wildman–Crippen LogP) is 7.76. The number of hydrogen-bond acceptors (Lipinski definition) is 7. The molecule has 0 saturated carbocycles. The van der Waals surface area contributed by atoms with Crippen molar-refractivity contribution in [3.8, 4) is 0 Å². The zero-order valence-electron chi connectivity index (χ0n) is 31.7. The van der Waals surface area contributed by atoms with Crippen LogP contribution in [0.4, 0.5) is 14.6 Å². The minimum atomic E-state index is -4.46. The van der Waals surface area contributed by atoms with Crippen LogP contribution in [0.2, 0.25) is 35.7 Å². The largest absolute Gasteiger partial charge is 0.401 e. The first-order valence-corrected chi connectivity index (χ1v) is 25.2. The van der Waals surface area contributed by atoms with Gasteiger partial charge in [0, 0.05) is 14.7 Å². The number of halogens is 3. The SMILES string of the molecule is Cc1nc(NC(c2ccc(F)c(Cl)c2)c2nc(S(N)(=O)=O)c(CO[Si](c3ccccc3)(c3ccccc3)C(C)(C)C)n2COCC[Si](C)(C)C)ccc1F. The molecular weight excluding hydrogens is 764 g/mol. The predicted molar refractivity (Wildman–Crippen MR) is 216 cm³/mol. The Hall–Kier alpha value is -3.77. The third-order valence-electron chi connectivity index (χ3n) is 9.24. The molecule has 1 unspecified atom stereocenters. The molecule has 0 spiro atoms. The number of anilines is 1. The van der Waals surface area contributed by atoms with Crippen molar-refractivity contribution in [3.05, 3.63) is 130 Å². The summed E-state index contributed by atoms with van der Waals surface area (Å²) < 4.78 is 71.1. The Balaban J connectivity index is 1.75. The van der Waals surface area contributed by atoms with Crippen molar-refractivity contribution in [2.75, 3.05) is 11.9 Å². The van der Waals surface area contributed by atoms with E-state index in [1.54, 1.807) is 4.57 Å². The number of primary sulfonamides is 1. The fourth-order valence-corrected chi connectivity index (χ4v) is 12.6. The van der Waals surface area contributed by atoms with E-state index < -0.39 is 54.2 Å². The highest BCUT2D eigenvalue weighted by Gasteiger charge is 2.50. The Morgan fingerprint density at radius 1 is 0.907 bits per heavy atom. The topological polar surface area (TPSA) is 121 Å². The summed E-state index contributed by atoms with van der Waals surface area (Å²) in [4.78, 5) is 9.05. The molecule has 0 radical (unpaired) electrons. The number of nitrogens with zero attached hydrogens (tertiary/aromatic N) is 3. The van der Waals surface area contributed by atoms with Crippen LogP contribution in [-0.4, -0.2) is 46.0 Å². The number of aryl methyl sites for hydroxylation is 1. The van der Waals surface area contributed by atoms with Crippen LogP contribution in [-0.2, 0) is 32.5 Å². The highest BCUT2D eigenvalue weighted by molar-refractivity contribution is 7.89. The molecule has 0 amide bonds. The molecule has 15 heteroatoms. The second-order valence-corrected chi connectivity index (χ2v) is 27.3. The molecule has 0 aliphatic carbocycles. The fourth-order valence-electron chi connectivity index (χ4n) is 6.45. The van der Waals surface area contributed by atoms with Crippen molar-refractivity contribution >= 4 is 54.2 Å². The molecule has 5 rings (SSSR count). The molecule has 1 atom stereocenters. The summed E-state index contributed by atoms with van der Waals surface area (Å²) >= 11 is 6.30. The van der Waals surface area contributed by atoms with E-state index in [-0.39, 0.29) is 41.4 Å². The lowest BCUT2D eigenvalue weighted by atomic mass is 10.1. The van der Waals surface area contributed by atoms with E-state index in [0.29, 0.717) is 12.2 Å². The van der Waals surface area contributed by atoms with Gasteiger partial charge in [-0.3, -0.25) is 0 Å². The number of pyridine rings is 1. The first-order chi connectivity index (χ1) is 25.3. The van der Waals surface area contributed by atoms with Gasteiger partial charge >= 0.3 is 0 Å². The summed E-state index contributed by atoms with van der Waals surface area (Å²) in [6.07, 6.45) is 0. The van der Waals surface area contributed by atoms with Gasteiger partial charge in [0.2, 0.25) is 0 Å². The minimum Gasteiger partial charge on any atom is -0.401 e. The number of sulfonamides is 1. The lowest BCUT2D eigenvalue weighted by molar-refractivity contribution is 0.0799. The molecule has 288 valence electrons. The normalized spacial score (nSPS) is 13.2. The van der Waals surface area contributed by atoms with Crippen molar-refractivity contribution in [1.29, 1.82) is 0 Å². The van der Waals surface area contributed by atoms with Gasteiger partial charge in [-0.1, -0.05) is 119 Å². The first kappa shape index (κ1) is 41.4. The maximum absolute atomic E-state index is 14.5. The quantitative estimate of drug-likeness (QED) is 0.0820. The molecule has 0 aliphatic heterocycles. The summed E-state index contributed by atoms with van der Waals surface area (Å²) in [5.41, 5.74) is 0.745. The highest BCUT2D eigenvalue weighted by Crippen LogP contribution is 2.38. The molecule has 0 bridgehead atoms. The van der Waals surface area contributed by atoms with Gasteiger partial charge in [-0.05, 0) is 58.2 Å². The fraction of sp³-hybridized carbons (Fsp3) is 0.333.